The van der Waals surface area contributed by atoms with E-state index in [1.165, 1.54) is 18.2 Å². The van der Waals surface area contributed by atoms with E-state index in [1.807, 2.05) is 6.92 Å². The highest BCUT2D eigenvalue weighted by atomic mass is 19.1. The Morgan fingerprint density at radius 1 is 1.16 bits per heavy atom. The molecule has 2 unspecified atom stereocenters. The van der Waals surface area contributed by atoms with Crippen LogP contribution in [0.3, 0.4) is 0 Å². The summed E-state index contributed by atoms with van der Waals surface area (Å²) in [6.07, 6.45) is 0.890. The normalized spacial score (nSPS) is 19.8. The van der Waals surface area contributed by atoms with Crippen molar-refractivity contribution >= 4 is 11.9 Å². The molecule has 5 heteroatoms. The number of likely N-dealkylation sites (tertiary alicyclic amines) is 1. The van der Waals surface area contributed by atoms with Gasteiger partial charge in [0.2, 0.25) is 5.91 Å². The molecule has 3 rings (SSSR count). The van der Waals surface area contributed by atoms with Gasteiger partial charge in [0.25, 0.3) is 0 Å². The summed E-state index contributed by atoms with van der Waals surface area (Å²) in [4.78, 5) is 25.8. The lowest BCUT2D eigenvalue weighted by Gasteiger charge is -2.22. The zero-order valence-electron chi connectivity index (χ0n) is 14.0. The van der Waals surface area contributed by atoms with E-state index in [1.54, 1.807) is 35.2 Å². The molecule has 1 aliphatic rings. The maximum absolute atomic E-state index is 13.1. The van der Waals surface area contributed by atoms with Gasteiger partial charge in [-0.1, -0.05) is 30.3 Å². The van der Waals surface area contributed by atoms with E-state index >= 15 is 0 Å². The summed E-state index contributed by atoms with van der Waals surface area (Å²) in [7, 11) is 0. The molecule has 1 N–H and O–H groups in total. The summed E-state index contributed by atoms with van der Waals surface area (Å²) >= 11 is 0. The number of halogens is 1. The van der Waals surface area contributed by atoms with Crippen LogP contribution in [-0.4, -0.2) is 34.5 Å². The predicted octanol–water partition coefficient (Wildman–Crippen LogP) is 3.47. The standard InChI is InChI=1S/C20H20FNO3/c1-13-10-16(14-6-8-17(21)9-7-14)12-22(13)19(23)11-15-4-2-3-5-18(15)20(24)25/h2-9,13,16H,10-12H2,1H3,(H,24,25). The lowest BCUT2D eigenvalue weighted by atomic mass is 9.97. The number of aromatic carboxylic acids is 1. The topological polar surface area (TPSA) is 57.6 Å². The van der Waals surface area contributed by atoms with Gasteiger partial charge in [-0.15, -0.1) is 0 Å². The average molecular weight is 341 g/mol. The Kier molecular flexibility index (Phi) is 4.83. The largest absolute Gasteiger partial charge is 0.478 e. The van der Waals surface area contributed by atoms with Gasteiger partial charge in [-0.2, -0.15) is 0 Å². The Morgan fingerprint density at radius 2 is 1.84 bits per heavy atom. The molecule has 0 bridgehead atoms. The Labute approximate surface area is 145 Å². The Morgan fingerprint density at radius 3 is 2.52 bits per heavy atom. The Balaban J connectivity index is 1.73. The molecule has 130 valence electrons. The second-order valence-corrected chi connectivity index (χ2v) is 6.52. The number of hydrogen-bond donors (Lipinski definition) is 1. The van der Waals surface area contributed by atoms with E-state index in [2.05, 4.69) is 0 Å². The van der Waals surface area contributed by atoms with Gasteiger partial charge in [0, 0.05) is 18.5 Å². The molecule has 1 heterocycles. The van der Waals surface area contributed by atoms with E-state index in [4.69, 9.17) is 0 Å². The highest BCUT2D eigenvalue weighted by Crippen LogP contribution is 2.32. The first-order valence-corrected chi connectivity index (χ1v) is 8.32. The van der Waals surface area contributed by atoms with E-state index in [0.717, 1.165) is 12.0 Å². The van der Waals surface area contributed by atoms with Crippen molar-refractivity contribution in [2.45, 2.75) is 31.7 Å². The molecule has 2 aromatic rings. The van der Waals surface area contributed by atoms with Crippen molar-refractivity contribution in [1.82, 2.24) is 4.90 Å². The van der Waals surface area contributed by atoms with Crippen LogP contribution in [0.15, 0.2) is 48.5 Å². The Bertz CT molecular complexity index is 788. The van der Waals surface area contributed by atoms with Crippen LogP contribution in [0.25, 0.3) is 0 Å². The van der Waals surface area contributed by atoms with E-state index < -0.39 is 5.97 Å². The van der Waals surface area contributed by atoms with Crippen molar-refractivity contribution in [2.24, 2.45) is 0 Å². The van der Waals surface area contributed by atoms with Gasteiger partial charge in [-0.05, 0) is 42.7 Å². The molecule has 1 saturated heterocycles. The van der Waals surface area contributed by atoms with Gasteiger partial charge >= 0.3 is 5.97 Å². The third kappa shape index (κ3) is 3.71. The van der Waals surface area contributed by atoms with Crippen molar-refractivity contribution in [3.05, 3.63) is 71.0 Å². The number of carboxylic acids is 1. The van der Waals surface area contributed by atoms with Crippen LogP contribution in [-0.2, 0) is 11.2 Å². The molecule has 1 fully saturated rings. The minimum absolute atomic E-state index is 0.0690. The number of carbonyl (C=O) groups excluding carboxylic acids is 1. The van der Waals surface area contributed by atoms with Crippen LogP contribution in [0.4, 0.5) is 4.39 Å². The third-order valence-corrected chi connectivity index (χ3v) is 4.83. The SMILES string of the molecule is CC1CC(c2ccc(F)cc2)CN1C(=O)Cc1ccccc1C(=O)O. The first kappa shape index (κ1) is 17.1. The highest BCUT2D eigenvalue weighted by Gasteiger charge is 2.33. The third-order valence-electron chi connectivity index (χ3n) is 4.83. The molecule has 2 atom stereocenters. The molecule has 0 aromatic heterocycles. The Hall–Kier alpha value is -2.69. The van der Waals surface area contributed by atoms with Crippen LogP contribution in [0, 0.1) is 5.82 Å². The fourth-order valence-corrected chi connectivity index (χ4v) is 3.50. The molecule has 0 saturated carbocycles. The van der Waals surface area contributed by atoms with E-state index in [-0.39, 0.29) is 35.7 Å². The van der Waals surface area contributed by atoms with E-state index in [0.29, 0.717) is 12.1 Å². The number of benzene rings is 2. The minimum atomic E-state index is -1.03. The van der Waals surface area contributed by atoms with Gasteiger partial charge in [0.15, 0.2) is 0 Å². The second-order valence-electron chi connectivity index (χ2n) is 6.52. The van der Waals surface area contributed by atoms with Gasteiger partial charge in [-0.3, -0.25) is 4.79 Å². The number of nitrogens with zero attached hydrogens (tertiary/aromatic N) is 1. The van der Waals surface area contributed by atoms with Crippen molar-refractivity contribution in [2.75, 3.05) is 6.54 Å². The van der Waals surface area contributed by atoms with Crippen LogP contribution in [0.2, 0.25) is 0 Å². The monoisotopic (exact) mass is 341 g/mol. The molecule has 1 amide bonds. The molecule has 1 aliphatic heterocycles. The molecule has 25 heavy (non-hydrogen) atoms. The fraction of sp³-hybridized carbons (Fsp3) is 0.300. The lowest BCUT2D eigenvalue weighted by molar-refractivity contribution is -0.131. The van der Waals surface area contributed by atoms with Gasteiger partial charge in [-0.25, -0.2) is 9.18 Å². The summed E-state index contributed by atoms with van der Waals surface area (Å²) in [5.74, 6) is -1.20. The number of carboxylic acid groups (broad SMARTS) is 1. The van der Waals surface area contributed by atoms with Crippen LogP contribution in [0.1, 0.15) is 40.7 Å². The summed E-state index contributed by atoms with van der Waals surface area (Å²) in [5, 5.41) is 9.25. The lowest BCUT2D eigenvalue weighted by Crippen LogP contribution is -2.35. The number of amides is 1. The summed E-state index contributed by atoms with van der Waals surface area (Å²) < 4.78 is 13.1. The molecule has 2 aromatic carbocycles. The fourth-order valence-electron chi connectivity index (χ4n) is 3.50. The molecular weight excluding hydrogens is 321 g/mol. The molecule has 0 spiro atoms. The van der Waals surface area contributed by atoms with Crippen molar-refractivity contribution in [1.29, 1.82) is 0 Å². The van der Waals surface area contributed by atoms with Crippen molar-refractivity contribution < 1.29 is 19.1 Å². The zero-order valence-corrected chi connectivity index (χ0v) is 14.0. The maximum Gasteiger partial charge on any atom is 0.335 e. The molecular formula is C20H20FNO3. The van der Waals surface area contributed by atoms with Gasteiger partial charge < -0.3 is 10.0 Å². The predicted molar refractivity (Wildman–Crippen MR) is 92.0 cm³/mol. The number of rotatable bonds is 4. The summed E-state index contributed by atoms with van der Waals surface area (Å²) in [6, 6.07) is 13.1. The molecule has 0 aliphatic carbocycles. The van der Waals surface area contributed by atoms with Crippen LogP contribution in [0.5, 0.6) is 0 Å². The smallest absolute Gasteiger partial charge is 0.335 e. The van der Waals surface area contributed by atoms with Crippen molar-refractivity contribution in [3.63, 3.8) is 0 Å². The van der Waals surface area contributed by atoms with E-state index in [9.17, 15) is 19.1 Å². The van der Waals surface area contributed by atoms with Gasteiger partial charge in [0.05, 0.1) is 12.0 Å². The second kappa shape index (κ2) is 7.05. The van der Waals surface area contributed by atoms with Crippen LogP contribution < -0.4 is 0 Å². The molecule has 0 radical (unpaired) electrons. The number of hydrogen-bond acceptors (Lipinski definition) is 2. The van der Waals surface area contributed by atoms with Crippen LogP contribution >= 0.6 is 0 Å². The van der Waals surface area contributed by atoms with Gasteiger partial charge in [0.1, 0.15) is 5.82 Å². The molecule has 4 nitrogen and oxygen atoms in total. The number of carbonyl (C=O) groups is 2. The van der Waals surface area contributed by atoms with Crippen molar-refractivity contribution in [3.8, 4) is 0 Å². The maximum atomic E-state index is 13.1. The highest BCUT2D eigenvalue weighted by molar-refractivity contribution is 5.91. The average Bonchev–Trinajstić information content (AvgIpc) is 2.97. The minimum Gasteiger partial charge on any atom is -0.478 e. The first-order chi connectivity index (χ1) is 12.0. The zero-order chi connectivity index (χ0) is 18.0. The quantitative estimate of drug-likeness (QED) is 0.926. The summed E-state index contributed by atoms with van der Waals surface area (Å²) in [6.45, 7) is 2.56. The first-order valence-electron chi connectivity index (χ1n) is 8.32. The summed E-state index contributed by atoms with van der Waals surface area (Å²) in [5.41, 5.74) is 1.71.